The number of benzene rings is 2. The fourth-order valence-electron chi connectivity index (χ4n) is 5.91. The fourth-order valence-corrected chi connectivity index (χ4v) is 6.92. The van der Waals surface area contributed by atoms with Gasteiger partial charge in [0, 0.05) is 29.1 Å². The summed E-state index contributed by atoms with van der Waals surface area (Å²) in [5.74, 6) is -1.19. The largest absolute Gasteiger partial charge is 0.343 e. The van der Waals surface area contributed by atoms with E-state index in [1.165, 1.54) is 10.4 Å². The minimum atomic E-state index is -0.765. The average Bonchev–Trinajstić information content (AvgIpc) is 3.53. The second kappa shape index (κ2) is 10.2. The van der Waals surface area contributed by atoms with Gasteiger partial charge in [-0.25, -0.2) is 19.8 Å². The van der Waals surface area contributed by atoms with Crippen molar-refractivity contribution in [1.29, 1.82) is 0 Å². The summed E-state index contributed by atoms with van der Waals surface area (Å²) in [6.07, 6.45) is 3.62. The molecule has 1 N–H and O–H groups in total. The van der Waals surface area contributed by atoms with E-state index in [-0.39, 0.29) is 24.1 Å². The molecule has 2 fully saturated rings. The number of hydrazine groups is 1. The van der Waals surface area contributed by atoms with Gasteiger partial charge in [0.15, 0.2) is 0 Å². The second-order valence-electron chi connectivity index (χ2n) is 10.5. The van der Waals surface area contributed by atoms with E-state index in [1.54, 1.807) is 29.8 Å². The van der Waals surface area contributed by atoms with E-state index in [4.69, 9.17) is 4.98 Å². The molecule has 0 aliphatic carbocycles. The van der Waals surface area contributed by atoms with E-state index >= 15 is 0 Å². The molecule has 2 aromatic heterocycles. The van der Waals surface area contributed by atoms with Crippen LogP contribution in [-0.4, -0.2) is 68.3 Å². The topological polar surface area (TPSA) is 116 Å². The van der Waals surface area contributed by atoms with Gasteiger partial charge in [0.25, 0.3) is 11.8 Å². The number of hydrogen-bond donors (Lipinski definition) is 1. The molecular weight excluding hydrogens is 540 g/mol. The number of carbonyl (C=O) groups excluding carboxylic acids is 4. The zero-order valence-corrected chi connectivity index (χ0v) is 22.9. The Bertz CT molecular complexity index is 1710. The van der Waals surface area contributed by atoms with Gasteiger partial charge in [-0.1, -0.05) is 36.4 Å². The van der Waals surface area contributed by atoms with Crippen LogP contribution in [0.4, 0.5) is 4.79 Å². The summed E-state index contributed by atoms with van der Waals surface area (Å²) in [7, 11) is 0. The average molecular weight is 567 g/mol. The number of nitrogens with zero attached hydrogens (tertiary/aromatic N) is 5. The van der Waals surface area contributed by atoms with E-state index in [0.29, 0.717) is 12.5 Å². The molecule has 4 aromatic rings. The molecule has 3 aliphatic rings. The number of imide groups is 2. The number of carbonyl (C=O) groups is 4. The van der Waals surface area contributed by atoms with Gasteiger partial charge >= 0.3 is 6.03 Å². The quantitative estimate of drug-likeness (QED) is 0.360. The van der Waals surface area contributed by atoms with E-state index in [2.05, 4.69) is 33.4 Å². The molecule has 2 aromatic carbocycles. The zero-order valence-electron chi connectivity index (χ0n) is 22.1. The molecule has 0 saturated carbocycles. The van der Waals surface area contributed by atoms with Gasteiger partial charge in [-0.3, -0.25) is 24.6 Å². The van der Waals surface area contributed by atoms with Gasteiger partial charge in [-0.2, -0.15) is 5.01 Å². The maximum Gasteiger partial charge on any atom is 0.343 e. The maximum absolute atomic E-state index is 13.2. The van der Waals surface area contributed by atoms with Gasteiger partial charge in [0.1, 0.15) is 11.2 Å². The Labute approximate surface area is 239 Å². The van der Waals surface area contributed by atoms with E-state index in [0.717, 1.165) is 57.4 Å². The van der Waals surface area contributed by atoms with Crippen LogP contribution < -0.4 is 5.32 Å². The monoisotopic (exact) mass is 566 g/mol. The SMILES string of the molecule is O=C1CCN(N2C(=O)c3ccc(CN4CCC(c5ncnc6sc(-c7ccccc7)cc56)CC4)cc3C2=O)C(=O)N1. The zero-order chi connectivity index (χ0) is 28.1. The van der Waals surface area contributed by atoms with Crippen molar-refractivity contribution in [2.45, 2.75) is 31.7 Å². The summed E-state index contributed by atoms with van der Waals surface area (Å²) in [6, 6.07) is 17.1. The first kappa shape index (κ1) is 25.5. The Kier molecular flexibility index (Phi) is 6.32. The van der Waals surface area contributed by atoms with E-state index in [1.807, 2.05) is 24.3 Å². The van der Waals surface area contributed by atoms with Crippen molar-refractivity contribution >= 4 is 45.3 Å². The number of hydrogen-bond acceptors (Lipinski definition) is 8. The predicted octanol–water partition coefficient (Wildman–Crippen LogP) is 4.19. The molecule has 5 amide bonds. The first-order valence-electron chi connectivity index (χ1n) is 13.6. The van der Waals surface area contributed by atoms with Crippen LogP contribution >= 0.6 is 11.3 Å². The molecule has 0 atom stereocenters. The Hall–Kier alpha value is -4.48. The number of rotatable bonds is 5. The summed E-state index contributed by atoms with van der Waals surface area (Å²) < 4.78 is 0. The van der Waals surface area contributed by atoms with Crippen LogP contribution in [-0.2, 0) is 11.3 Å². The summed E-state index contributed by atoms with van der Waals surface area (Å²) in [4.78, 5) is 63.7. The molecule has 0 unspecified atom stereocenters. The molecule has 2 saturated heterocycles. The van der Waals surface area contributed by atoms with E-state index < -0.39 is 23.8 Å². The molecule has 206 valence electrons. The minimum absolute atomic E-state index is 0.0183. The number of amides is 5. The maximum atomic E-state index is 13.2. The smallest absolute Gasteiger partial charge is 0.299 e. The third-order valence-electron chi connectivity index (χ3n) is 8.00. The summed E-state index contributed by atoms with van der Waals surface area (Å²) in [5, 5.41) is 5.15. The third-order valence-corrected chi connectivity index (χ3v) is 9.09. The predicted molar refractivity (Wildman–Crippen MR) is 152 cm³/mol. The van der Waals surface area contributed by atoms with Crippen molar-refractivity contribution in [1.82, 2.24) is 30.2 Å². The molecule has 0 bridgehead atoms. The molecule has 11 heteroatoms. The number of piperidine rings is 1. The van der Waals surface area contributed by atoms with Crippen LogP contribution in [0.3, 0.4) is 0 Å². The number of thiophene rings is 1. The Morgan fingerprint density at radius 2 is 1.66 bits per heavy atom. The second-order valence-corrected chi connectivity index (χ2v) is 11.6. The van der Waals surface area contributed by atoms with Crippen LogP contribution in [0, 0.1) is 0 Å². The van der Waals surface area contributed by atoms with E-state index in [9.17, 15) is 19.2 Å². The van der Waals surface area contributed by atoms with Gasteiger partial charge in [0.05, 0.1) is 23.4 Å². The molecule has 3 aliphatic heterocycles. The first-order valence-corrected chi connectivity index (χ1v) is 14.4. The highest BCUT2D eigenvalue weighted by Crippen LogP contribution is 2.38. The number of aromatic nitrogens is 2. The van der Waals surface area contributed by atoms with Crippen molar-refractivity contribution in [2.75, 3.05) is 19.6 Å². The van der Waals surface area contributed by atoms with Crippen LogP contribution in [0.5, 0.6) is 0 Å². The van der Waals surface area contributed by atoms with Crippen molar-refractivity contribution in [3.05, 3.63) is 83.3 Å². The van der Waals surface area contributed by atoms with Gasteiger partial charge in [0.2, 0.25) is 5.91 Å². The lowest BCUT2D eigenvalue weighted by molar-refractivity contribution is -0.122. The molecule has 10 nitrogen and oxygen atoms in total. The molecule has 0 spiro atoms. The number of nitrogens with one attached hydrogen (secondary N) is 1. The van der Waals surface area contributed by atoms with Crippen molar-refractivity contribution < 1.29 is 19.2 Å². The van der Waals surface area contributed by atoms with Crippen LogP contribution in [0.2, 0.25) is 0 Å². The lowest BCUT2D eigenvalue weighted by Gasteiger charge is -2.32. The highest BCUT2D eigenvalue weighted by atomic mass is 32.1. The molecule has 7 rings (SSSR count). The Morgan fingerprint density at radius 3 is 2.44 bits per heavy atom. The van der Waals surface area contributed by atoms with Crippen molar-refractivity contribution in [2.24, 2.45) is 0 Å². The first-order chi connectivity index (χ1) is 20.0. The summed E-state index contributed by atoms with van der Waals surface area (Å²) >= 11 is 1.69. The minimum Gasteiger partial charge on any atom is -0.299 e. The van der Waals surface area contributed by atoms with Gasteiger partial charge in [-0.05, 0) is 55.3 Å². The fraction of sp³-hybridized carbons (Fsp3) is 0.267. The standard InChI is InChI=1S/C30H26N6O4S/c37-25-10-13-35(30(40)33-25)36-28(38)21-7-6-18(14-22(21)29(36)39)16-34-11-8-20(9-12-34)26-23-15-24(19-4-2-1-3-5-19)41-27(23)32-17-31-26/h1-7,14-15,17,20H,8-13,16H2,(H,33,37,40). The Morgan fingerprint density at radius 1 is 0.878 bits per heavy atom. The molecular formula is C30H26N6O4S. The normalized spacial score (nSPS) is 18.3. The summed E-state index contributed by atoms with van der Waals surface area (Å²) in [5.41, 5.74) is 3.77. The van der Waals surface area contributed by atoms with Crippen LogP contribution in [0.25, 0.3) is 20.7 Å². The van der Waals surface area contributed by atoms with Crippen LogP contribution in [0.1, 0.15) is 57.2 Å². The molecule has 5 heterocycles. The Balaban J connectivity index is 1.03. The lowest BCUT2D eigenvalue weighted by Crippen LogP contribution is -2.58. The lowest BCUT2D eigenvalue weighted by atomic mass is 9.91. The van der Waals surface area contributed by atoms with Crippen molar-refractivity contribution in [3.8, 4) is 10.4 Å². The molecule has 0 radical (unpaired) electrons. The summed E-state index contributed by atoms with van der Waals surface area (Å²) in [6.45, 7) is 2.39. The highest BCUT2D eigenvalue weighted by Gasteiger charge is 2.43. The highest BCUT2D eigenvalue weighted by molar-refractivity contribution is 7.21. The number of likely N-dealkylation sites (tertiary alicyclic amines) is 1. The third kappa shape index (κ3) is 4.56. The number of fused-ring (bicyclic) bond motifs is 2. The van der Waals surface area contributed by atoms with Gasteiger partial charge < -0.3 is 0 Å². The van der Waals surface area contributed by atoms with Crippen molar-refractivity contribution in [3.63, 3.8) is 0 Å². The van der Waals surface area contributed by atoms with Crippen LogP contribution in [0.15, 0.2) is 60.9 Å². The van der Waals surface area contributed by atoms with Gasteiger partial charge in [-0.15, -0.1) is 11.3 Å². The number of urea groups is 1. The molecule has 41 heavy (non-hydrogen) atoms.